The Hall–Kier alpha value is -7.20. The van der Waals surface area contributed by atoms with E-state index in [-0.39, 0.29) is 0 Å². The van der Waals surface area contributed by atoms with Crippen LogP contribution in [0.15, 0.2) is 224 Å². The van der Waals surface area contributed by atoms with Crippen molar-refractivity contribution in [3.05, 3.63) is 230 Å². The Morgan fingerprint density at radius 2 is 0.967 bits per heavy atom. The van der Waals surface area contributed by atoms with Crippen LogP contribution in [0.25, 0.3) is 58.4 Å². The minimum Gasteiger partial charge on any atom is -0.310 e. The molecule has 0 amide bonds. The van der Waals surface area contributed by atoms with Crippen LogP contribution in [0.3, 0.4) is 0 Å². The van der Waals surface area contributed by atoms with E-state index >= 15 is 0 Å². The Labute approximate surface area is 355 Å². The quantitative estimate of drug-likeness (QED) is 0.151. The maximum Gasteiger partial charge on any atom is 0.0554 e. The molecule has 10 aromatic rings. The molecule has 0 aliphatic heterocycles. The number of para-hydroxylation sites is 3. The van der Waals surface area contributed by atoms with Gasteiger partial charge in [0.05, 0.1) is 17.1 Å². The Kier molecular flexibility index (Phi) is 9.10. The first-order chi connectivity index (χ1) is 29.7. The van der Waals surface area contributed by atoms with E-state index in [1.54, 1.807) is 0 Å². The van der Waals surface area contributed by atoms with Crippen molar-refractivity contribution in [1.82, 2.24) is 0 Å². The van der Waals surface area contributed by atoms with E-state index in [1.807, 2.05) is 11.3 Å². The summed E-state index contributed by atoms with van der Waals surface area (Å²) in [6.07, 6.45) is 5.71. The van der Waals surface area contributed by atoms with Crippen molar-refractivity contribution in [1.29, 1.82) is 0 Å². The van der Waals surface area contributed by atoms with Gasteiger partial charge in [0.1, 0.15) is 0 Å². The summed E-state index contributed by atoms with van der Waals surface area (Å²) in [6, 6.07) is 75.2. The van der Waals surface area contributed by atoms with Crippen molar-refractivity contribution in [2.75, 3.05) is 9.80 Å². The number of benzene rings is 9. The number of fused-ring (bicyclic) bond motifs is 7. The highest BCUT2D eigenvalue weighted by Crippen LogP contribution is 2.51. The third-order valence-electron chi connectivity index (χ3n) is 12.0. The topological polar surface area (TPSA) is 6.48 Å². The highest BCUT2D eigenvalue weighted by atomic mass is 32.1. The number of hydrogen-bond acceptors (Lipinski definition) is 3. The molecule has 11 rings (SSSR count). The number of allylic oxidation sites excluding steroid dienone is 3. The number of nitrogens with zero attached hydrogens (tertiary/aromatic N) is 2. The molecule has 0 saturated heterocycles. The molecule has 0 bridgehead atoms. The second-order valence-electron chi connectivity index (χ2n) is 15.7. The zero-order valence-corrected chi connectivity index (χ0v) is 34.2. The van der Waals surface area contributed by atoms with Gasteiger partial charge in [-0.1, -0.05) is 177 Å². The number of rotatable bonds is 8. The van der Waals surface area contributed by atoms with E-state index in [4.69, 9.17) is 0 Å². The van der Waals surface area contributed by atoms with Crippen molar-refractivity contribution >= 4 is 87.1 Å². The average molecular weight is 787 g/mol. The second-order valence-corrected chi connectivity index (χ2v) is 16.8. The van der Waals surface area contributed by atoms with Crippen LogP contribution in [0.1, 0.15) is 18.9 Å². The molecule has 9 aromatic carbocycles. The first-order valence-corrected chi connectivity index (χ1v) is 21.6. The molecule has 3 heteroatoms. The summed E-state index contributed by atoms with van der Waals surface area (Å²) in [5.74, 6) is 0.442. The van der Waals surface area contributed by atoms with Crippen molar-refractivity contribution < 1.29 is 0 Å². The SMILES string of the molecule is CC1C=CC(N(c2ccccc2)c2cc3c(sc4cc(N(c5ccccc5)c5ccccc5-c5ccccc5)c5ccccc5c43)c3ccccc23)=C(c2ccccc2)C1. The lowest BCUT2D eigenvalue weighted by atomic mass is 9.88. The molecule has 1 atom stereocenters. The molecule has 2 nitrogen and oxygen atoms in total. The van der Waals surface area contributed by atoms with Gasteiger partial charge in [-0.05, 0) is 83.0 Å². The van der Waals surface area contributed by atoms with Gasteiger partial charge in [-0.3, -0.25) is 0 Å². The molecule has 286 valence electrons. The van der Waals surface area contributed by atoms with Crippen molar-refractivity contribution in [2.45, 2.75) is 13.3 Å². The molecule has 1 aliphatic rings. The van der Waals surface area contributed by atoms with Crippen LogP contribution in [-0.2, 0) is 0 Å². The van der Waals surface area contributed by atoms with E-state index in [9.17, 15) is 0 Å². The molecule has 0 spiro atoms. The minimum atomic E-state index is 0.442. The van der Waals surface area contributed by atoms with Crippen LogP contribution in [0.5, 0.6) is 0 Å². The van der Waals surface area contributed by atoms with E-state index < -0.39 is 0 Å². The predicted octanol–water partition coefficient (Wildman–Crippen LogP) is 16.6. The zero-order chi connectivity index (χ0) is 40.0. The summed E-state index contributed by atoms with van der Waals surface area (Å²) < 4.78 is 2.57. The normalized spacial score (nSPS) is 14.1. The second kappa shape index (κ2) is 15.2. The van der Waals surface area contributed by atoms with Gasteiger partial charge < -0.3 is 9.80 Å². The third-order valence-corrected chi connectivity index (χ3v) is 13.1. The number of anilines is 5. The first kappa shape index (κ1) is 35.9. The van der Waals surface area contributed by atoms with Gasteiger partial charge in [-0.25, -0.2) is 0 Å². The summed E-state index contributed by atoms with van der Waals surface area (Å²) >= 11 is 1.91. The van der Waals surface area contributed by atoms with Gasteiger partial charge in [0.15, 0.2) is 0 Å². The lowest BCUT2D eigenvalue weighted by Crippen LogP contribution is -2.20. The Balaban J connectivity index is 1.21. The largest absolute Gasteiger partial charge is 0.310 e. The van der Waals surface area contributed by atoms with Crippen molar-refractivity contribution in [3.8, 4) is 11.1 Å². The van der Waals surface area contributed by atoms with Gasteiger partial charge in [-0.15, -0.1) is 11.3 Å². The van der Waals surface area contributed by atoms with Gasteiger partial charge in [0, 0.05) is 59.0 Å². The molecular weight excluding hydrogens is 745 g/mol. The van der Waals surface area contributed by atoms with Gasteiger partial charge in [0.2, 0.25) is 0 Å². The highest BCUT2D eigenvalue weighted by Gasteiger charge is 2.27. The molecule has 0 N–H and O–H groups in total. The standard InChI is InChI=1S/C57H42N2S/c1-39-34-35-52(49(36-39)41-22-8-3-9-23-41)59(43-26-12-5-13-27-43)53-37-50-56-47-31-16-14-29-45(47)54(38-55(56)60-57(50)48-32-17-15-30-46(48)53)58(42-24-10-4-11-25-42)51-33-19-18-28-44(51)40-20-6-2-7-21-40/h2-35,37-39H,36H2,1H3. The van der Waals surface area contributed by atoms with Gasteiger partial charge in [-0.2, -0.15) is 0 Å². The van der Waals surface area contributed by atoms with Gasteiger partial charge in [0.25, 0.3) is 0 Å². The average Bonchev–Trinajstić information content (AvgIpc) is 3.70. The maximum absolute atomic E-state index is 2.52. The molecule has 1 aliphatic carbocycles. The Morgan fingerprint density at radius 1 is 0.450 bits per heavy atom. The lowest BCUT2D eigenvalue weighted by molar-refractivity contribution is 0.742. The van der Waals surface area contributed by atoms with Crippen molar-refractivity contribution in [2.24, 2.45) is 5.92 Å². The smallest absolute Gasteiger partial charge is 0.0554 e. The van der Waals surface area contributed by atoms with Crippen LogP contribution >= 0.6 is 11.3 Å². The number of hydrogen-bond donors (Lipinski definition) is 0. The molecule has 0 saturated carbocycles. The fourth-order valence-corrected chi connectivity index (χ4v) is 10.5. The molecule has 1 heterocycles. The van der Waals surface area contributed by atoms with Crippen LogP contribution in [0.4, 0.5) is 28.4 Å². The molecule has 1 aromatic heterocycles. The monoisotopic (exact) mass is 786 g/mol. The molecule has 0 radical (unpaired) electrons. The summed E-state index contributed by atoms with van der Waals surface area (Å²) in [7, 11) is 0. The maximum atomic E-state index is 2.52. The van der Waals surface area contributed by atoms with Crippen molar-refractivity contribution in [3.63, 3.8) is 0 Å². The summed E-state index contributed by atoms with van der Waals surface area (Å²) in [5.41, 5.74) is 12.0. The fraction of sp³-hybridized carbons (Fsp3) is 0.0526. The van der Waals surface area contributed by atoms with E-state index in [0.29, 0.717) is 5.92 Å². The number of thiophene rings is 1. The minimum absolute atomic E-state index is 0.442. The summed E-state index contributed by atoms with van der Waals surface area (Å²) in [5, 5.41) is 7.53. The van der Waals surface area contributed by atoms with Crippen LogP contribution in [-0.4, -0.2) is 0 Å². The summed E-state index contributed by atoms with van der Waals surface area (Å²) in [4.78, 5) is 4.98. The molecule has 0 fully saturated rings. The Bertz CT molecular complexity index is 3240. The molecule has 60 heavy (non-hydrogen) atoms. The first-order valence-electron chi connectivity index (χ1n) is 20.8. The van der Waals surface area contributed by atoms with E-state index in [2.05, 4.69) is 235 Å². The fourth-order valence-electron chi connectivity index (χ4n) is 9.26. The third kappa shape index (κ3) is 6.18. The van der Waals surface area contributed by atoms with Crippen LogP contribution in [0.2, 0.25) is 0 Å². The zero-order valence-electron chi connectivity index (χ0n) is 33.4. The van der Waals surface area contributed by atoms with E-state index in [1.165, 1.54) is 75.4 Å². The van der Waals surface area contributed by atoms with Crippen LogP contribution < -0.4 is 9.80 Å². The van der Waals surface area contributed by atoms with Crippen LogP contribution in [0, 0.1) is 5.92 Å². The Morgan fingerprint density at radius 3 is 1.65 bits per heavy atom. The summed E-state index contributed by atoms with van der Waals surface area (Å²) in [6.45, 7) is 2.32. The van der Waals surface area contributed by atoms with E-state index in [0.717, 1.165) is 29.2 Å². The predicted molar refractivity (Wildman–Crippen MR) is 259 cm³/mol. The highest BCUT2D eigenvalue weighted by molar-refractivity contribution is 7.27. The molecular formula is C57H42N2S. The van der Waals surface area contributed by atoms with Gasteiger partial charge >= 0.3 is 0 Å². The molecule has 1 unspecified atom stereocenters. The lowest BCUT2D eigenvalue weighted by Gasteiger charge is -2.33.